The van der Waals surface area contributed by atoms with Crippen molar-refractivity contribution in [2.75, 3.05) is 13.1 Å². The van der Waals surface area contributed by atoms with E-state index in [0.29, 0.717) is 13.1 Å². The number of benzene rings is 1. The van der Waals surface area contributed by atoms with Crippen molar-refractivity contribution in [2.45, 2.75) is 18.8 Å². The average Bonchev–Trinajstić information content (AvgIpc) is 2.29. The quantitative estimate of drug-likeness (QED) is 0.764. The lowest BCUT2D eigenvalue weighted by Crippen LogP contribution is -2.38. The number of piperidine rings is 1. The summed E-state index contributed by atoms with van der Waals surface area (Å²) >= 11 is 0. The third kappa shape index (κ3) is 2.27. The highest BCUT2D eigenvalue weighted by Crippen LogP contribution is 2.28. The van der Waals surface area contributed by atoms with Crippen LogP contribution in [0.15, 0.2) is 24.3 Å². The van der Waals surface area contributed by atoms with Crippen LogP contribution in [0.25, 0.3) is 0 Å². The molecule has 0 saturated carbocycles. The highest BCUT2D eigenvalue weighted by molar-refractivity contribution is 5.65. The summed E-state index contributed by atoms with van der Waals surface area (Å²) in [6.45, 7) is 1.14. The highest BCUT2D eigenvalue weighted by Gasteiger charge is 2.24. The fourth-order valence-corrected chi connectivity index (χ4v) is 2.20. The molecule has 1 saturated heterocycles. The largest absolute Gasteiger partial charge is 0.508 e. The molecule has 1 amide bonds. The number of hydrogen-bond donors (Lipinski definition) is 2. The van der Waals surface area contributed by atoms with E-state index >= 15 is 0 Å². The fourth-order valence-electron chi connectivity index (χ4n) is 2.20. The van der Waals surface area contributed by atoms with E-state index in [0.717, 1.165) is 18.4 Å². The molecule has 0 spiro atoms. The van der Waals surface area contributed by atoms with Crippen molar-refractivity contribution in [3.8, 4) is 5.75 Å². The third-order valence-electron chi connectivity index (χ3n) is 3.03. The number of phenolic OH excluding ortho intramolecular Hbond substituents is 1. The Balaban J connectivity index is 2.12. The Morgan fingerprint density at radius 1 is 1.44 bits per heavy atom. The van der Waals surface area contributed by atoms with Crippen LogP contribution in [-0.4, -0.2) is 34.3 Å². The summed E-state index contributed by atoms with van der Waals surface area (Å²) in [5.74, 6) is 0.446. The van der Waals surface area contributed by atoms with E-state index in [9.17, 15) is 9.90 Å². The SMILES string of the molecule is O=C(O)N1CCCC(c2cccc(O)c2)C1. The van der Waals surface area contributed by atoms with Gasteiger partial charge < -0.3 is 15.1 Å². The van der Waals surface area contributed by atoms with Crippen LogP contribution in [0.1, 0.15) is 24.3 Å². The van der Waals surface area contributed by atoms with Crippen molar-refractivity contribution in [1.29, 1.82) is 0 Å². The molecular weight excluding hydrogens is 206 g/mol. The van der Waals surface area contributed by atoms with Crippen LogP contribution in [0.4, 0.5) is 4.79 Å². The Morgan fingerprint density at radius 3 is 2.94 bits per heavy atom. The zero-order valence-electron chi connectivity index (χ0n) is 8.97. The minimum absolute atomic E-state index is 0.206. The molecule has 1 heterocycles. The molecule has 1 unspecified atom stereocenters. The van der Waals surface area contributed by atoms with E-state index in [1.807, 2.05) is 6.07 Å². The first kappa shape index (κ1) is 10.8. The zero-order valence-corrected chi connectivity index (χ0v) is 8.97. The summed E-state index contributed by atoms with van der Waals surface area (Å²) in [6, 6.07) is 7.08. The second kappa shape index (κ2) is 4.43. The van der Waals surface area contributed by atoms with Gasteiger partial charge in [-0.05, 0) is 30.5 Å². The van der Waals surface area contributed by atoms with E-state index in [2.05, 4.69) is 0 Å². The van der Waals surface area contributed by atoms with E-state index in [4.69, 9.17) is 5.11 Å². The molecular formula is C12H15NO3. The molecule has 86 valence electrons. The Morgan fingerprint density at radius 2 is 2.25 bits per heavy atom. The van der Waals surface area contributed by atoms with Gasteiger partial charge in [-0.2, -0.15) is 0 Å². The van der Waals surface area contributed by atoms with Crippen LogP contribution in [0, 0.1) is 0 Å². The van der Waals surface area contributed by atoms with E-state index in [1.54, 1.807) is 18.2 Å². The van der Waals surface area contributed by atoms with Crippen LogP contribution in [0.2, 0.25) is 0 Å². The van der Waals surface area contributed by atoms with Crippen LogP contribution in [0.5, 0.6) is 5.75 Å². The molecule has 1 aromatic rings. The van der Waals surface area contributed by atoms with Crippen molar-refractivity contribution in [2.24, 2.45) is 0 Å². The standard InChI is InChI=1S/C12H15NO3/c14-11-5-1-3-9(7-11)10-4-2-6-13(8-10)12(15)16/h1,3,5,7,10,14H,2,4,6,8H2,(H,15,16). The zero-order chi connectivity index (χ0) is 11.5. The highest BCUT2D eigenvalue weighted by atomic mass is 16.4. The van der Waals surface area contributed by atoms with Crippen molar-refractivity contribution in [1.82, 2.24) is 4.90 Å². The van der Waals surface area contributed by atoms with Crippen molar-refractivity contribution in [3.05, 3.63) is 29.8 Å². The summed E-state index contributed by atoms with van der Waals surface area (Å²) in [6.07, 6.45) is 1.00. The number of rotatable bonds is 1. The van der Waals surface area contributed by atoms with E-state index in [-0.39, 0.29) is 11.7 Å². The van der Waals surface area contributed by atoms with E-state index < -0.39 is 6.09 Å². The minimum Gasteiger partial charge on any atom is -0.508 e. The first-order valence-corrected chi connectivity index (χ1v) is 5.43. The Hall–Kier alpha value is -1.71. The molecule has 0 aliphatic carbocycles. The number of likely N-dealkylation sites (tertiary alicyclic amines) is 1. The molecule has 16 heavy (non-hydrogen) atoms. The molecule has 1 atom stereocenters. The first-order valence-electron chi connectivity index (χ1n) is 5.43. The molecule has 1 fully saturated rings. The average molecular weight is 221 g/mol. The number of carbonyl (C=O) groups is 1. The molecule has 2 rings (SSSR count). The molecule has 1 aromatic carbocycles. The third-order valence-corrected chi connectivity index (χ3v) is 3.03. The Bertz CT molecular complexity index is 392. The lowest BCUT2D eigenvalue weighted by molar-refractivity contribution is 0.130. The summed E-state index contributed by atoms with van der Waals surface area (Å²) in [4.78, 5) is 12.3. The van der Waals surface area contributed by atoms with Gasteiger partial charge in [-0.1, -0.05) is 12.1 Å². The first-order chi connectivity index (χ1) is 7.66. The van der Waals surface area contributed by atoms with Crippen molar-refractivity contribution in [3.63, 3.8) is 0 Å². The molecule has 2 N–H and O–H groups in total. The second-order valence-electron chi connectivity index (χ2n) is 4.16. The van der Waals surface area contributed by atoms with Crippen LogP contribution in [-0.2, 0) is 0 Å². The minimum atomic E-state index is -0.857. The lowest BCUT2D eigenvalue weighted by atomic mass is 9.91. The van der Waals surface area contributed by atoms with Crippen LogP contribution in [0.3, 0.4) is 0 Å². The monoisotopic (exact) mass is 221 g/mol. The number of nitrogens with zero attached hydrogens (tertiary/aromatic N) is 1. The number of phenols is 1. The summed E-state index contributed by atoms with van der Waals surface area (Å²) in [5, 5.41) is 18.3. The number of amides is 1. The number of hydrogen-bond acceptors (Lipinski definition) is 2. The second-order valence-corrected chi connectivity index (χ2v) is 4.16. The summed E-state index contributed by atoms with van der Waals surface area (Å²) in [7, 11) is 0. The van der Waals surface area contributed by atoms with Gasteiger partial charge in [0.25, 0.3) is 0 Å². The van der Waals surface area contributed by atoms with Crippen molar-refractivity contribution < 1.29 is 15.0 Å². The Kier molecular flexibility index (Phi) is 2.99. The molecule has 4 heteroatoms. The number of aromatic hydroxyl groups is 1. The lowest BCUT2D eigenvalue weighted by Gasteiger charge is -2.30. The van der Waals surface area contributed by atoms with Crippen molar-refractivity contribution >= 4 is 6.09 Å². The van der Waals surface area contributed by atoms with Gasteiger partial charge in [0.1, 0.15) is 5.75 Å². The molecule has 0 radical (unpaired) electrons. The van der Waals surface area contributed by atoms with Gasteiger partial charge in [0.15, 0.2) is 0 Å². The Labute approximate surface area is 94.1 Å². The summed E-state index contributed by atoms with van der Waals surface area (Å²) in [5.41, 5.74) is 1.02. The fraction of sp³-hybridized carbons (Fsp3) is 0.417. The predicted molar refractivity (Wildman–Crippen MR) is 59.7 cm³/mol. The van der Waals surface area contributed by atoms with Gasteiger partial charge in [0.2, 0.25) is 0 Å². The normalized spacial score (nSPS) is 20.8. The van der Waals surface area contributed by atoms with Gasteiger partial charge >= 0.3 is 6.09 Å². The smallest absolute Gasteiger partial charge is 0.407 e. The molecule has 0 bridgehead atoms. The van der Waals surface area contributed by atoms with Crippen LogP contribution >= 0.6 is 0 Å². The van der Waals surface area contributed by atoms with Crippen LogP contribution < -0.4 is 0 Å². The summed E-state index contributed by atoms with van der Waals surface area (Å²) < 4.78 is 0. The maximum absolute atomic E-state index is 10.9. The van der Waals surface area contributed by atoms with Gasteiger partial charge in [0, 0.05) is 19.0 Å². The maximum atomic E-state index is 10.9. The predicted octanol–water partition coefficient (Wildman–Crippen LogP) is 2.25. The van der Waals surface area contributed by atoms with Gasteiger partial charge in [-0.25, -0.2) is 4.79 Å². The topological polar surface area (TPSA) is 60.8 Å². The number of carboxylic acid groups (broad SMARTS) is 1. The van der Waals surface area contributed by atoms with Gasteiger partial charge in [-0.3, -0.25) is 0 Å². The maximum Gasteiger partial charge on any atom is 0.407 e. The molecule has 0 aromatic heterocycles. The molecule has 4 nitrogen and oxygen atoms in total. The molecule has 1 aliphatic heterocycles. The molecule has 1 aliphatic rings. The van der Waals surface area contributed by atoms with E-state index in [1.165, 1.54) is 4.90 Å². The van der Waals surface area contributed by atoms with Gasteiger partial charge in [-0.15, -0.1) is 0 Å². The van der Waals surface area contributed by atoms with Gasteiger partial charge in [0.05, 0.1) is 0 Å².